The molecule has 1 heterocycles. The molecule has 2 rings (SSSR count). The molecule has 0 aromatic rings. The van der Waals surface area contributed by atoms with E-state index >= 15 is 0 Å². The lowest BCUT2D eigenvalue weighted by Gasteiger charge is -2.31. The molecule has 1 fully saturated rings. The number of hydrogen-bond donors (Lipinski definition) is 2. The van der Waals surface area contributed by atoms with Gasteiger partial charge in [-0.15, -0.1) is 0 Å². The van der Waals surface area contributed by atoms with Gasteiger partial charge in [0.15, 0.2) is 0 Å². The third-order valence-electron chi connectivity index (χ3n) is 5.29. The van der Waals surface area contributed by atoms with Gasteiger partial charge in [0.05, 0.1) is 17.6 Å². The Morgan fingerprint density at radius 2 is 1.97 bits per heavy atom. The Labute approximate surface area is 175 Å². The molecule has 0 aromatic heterocycles. The second-order valence-electron chi connectivity index (χ2n) is 7.44. The zero-order valence-electron chi connectivity index (χ0n) is 17.6. The van der Waals surface area contributed by atoms with Gasteiger partial charge in [-0.3, -0.25) is 4.79 Å². The number of aliphatic hydroxyl groups is 2. The Bertz CT molecular complexity index is 819. The number of hydrogen-bond acceptors (Lipinski definition) is 8. The van der Waals surface area contributed by atoms with Crippen molar-refractivity contribution in [2.75, 3.05) is 6.61 Å². The molecule has 5 unspecified atom stereocenters. The highest BCUT2D eigenvalue weighted by molar-refractivity contribution is 5.92. The fourth-order valence-corrected chi connectivity index (χ4v) is 3.34. The van der Waals surface area contributed by atoms with Crippen LogP contribution in [0.25, 0.3) is 0 Å². The summed E-state index contributed by atoms with van der Waals surface area (Å²) in [6.07, 6.45) is 0.821. The number of aliphatic hydroxyl groups excluding tert-OH is 2. The minimum atomic E-state index is -1.27. The molecule has 0 amide bonds. The van der Waals surface area contributed by atoms with Gasteiger partial charge in [-0.25, -0.2) is 9.59 Å². The van der Waals surface area contributed by atoms with Crippen molar-refractivity contribution in [3.05, 3.63) is 47.1 Å². The third kappa shape index (κ3) is 5.25. The fraction of sp³-hybridized carbons (Fsp3) is 0.500. The number of rotatable bonds is 4. The van der Waals surface area contributed by atoms with E-state index in [0.717, 1.165) is 0 Å². The molecule has 0 radical (unpaired) electrons. The third-order valence-corrected chi connectivity index (χ3v) is 5.29. The molecule has 8 heteroatoms. The molecule has 1 aliphatic heterocycles. The summed E-state index contributed by atoms with van der Waals surface area (Å²) in [6.45, 7) is 9.64. The first-order valence-electron chi connectivity index (χ1n) is 9.67. The van der Waals surface area contributed by atoms with E-state index in [-0.39, 0.29) is 24.2 Å². The average Bonchev–Trinajstić information content (AvgIpc) is 2.96. The van der Waals surface area contributed by atoms with Gasteiger partial charge < -0.3 is 24.4 Å². The van der Waals surface area contributed by atoms with Gasteiger partial charge in [0.25, 0.3) is 0 Å². The Morgan fingerprint density at radius 3 is 2.57 bits per heavy atom. The molecule has 0 aromatic carbocycles. The lowest BCUT2D eigenvalue weighted by Crippen LogP contribution is -2.43. The Balaban J connectivity index is 2.42. The van der Waals surface area contributed by atoms with Gasteiger partial charge in [-0.1, -0.05) is 18.7 Å². The van der Waals surface area contributed by atoms with E-state index in [4.69, 9.17) is 14.2 Å². The molecular weight excluding hydrogens is 392 g/mol. The average molecular weight is 420 g/mol. The van der Waals surface area contributed by atoms with Crippen LogP contribution in [0.5, 0.6) is 0 Å². The van der Waals surface area contributed by atoms with Crippen LogP contribution >= 0.6 is 0 Å². The van der Waals surface area contributed by atoms with Crippen LogP contribution < -0.4 is 0 Å². The van der Waals surface area contributed by atoms with Crippen molar-refractivity contribution in [2.24, 2.45) is 5.92 Å². The maximum atomic E-state index is 12.7. The number of fused-ring (bicyclic) bond motifs is 1. The van der Waals surface area contributed by atoms with E-state index in [9.17, 15) is 24.6 Å². The van der Waals surface area contributed by atoms with E-state index < -0.39 is 48.2 Å². The van der Waals surface area contributed by atoms with Crippen molar-refractivity contribution in [3.8, 4) is 0 Å². The van der Waals surface area contributed by atoms with Crippen LogP contribution in [0.3, 0.4) is 0 Å². The number of carbonyl (C=O) groups excluding carboxylic acids is 3. The van der Waals surface area contributed by atoms with Crippen molar-refractivity contribution in [1.82, 2.24) is 0 Å². The van der Waals surface area contributed by atoms with Crippen molar-refractivity contribution in [3.63, 3.8) is 0 Å². The van der Waals surface area contributed by atoms with E-state index in [0.29, 0.717) is 11.1 Å². The number of esters is 3. The number of allylic oxidation sites excluding steroid dienone is 1. The highest BCUT2D eigenvalue weighted by Gasteiger charge is 2.47. The van der Waals surface area contributed by atoms with E-state index in [1.165, 1.54) is 13.0 Å². The van der Waals surface area contributed by atoms with Crippen LogP contribution in [-0.4, -0.2) is 59.1 Å². The first-order valence-corrected chi connectivity index (χ1v) is 9.67. The minimum Gasteiger partial charge on any atom is -0.461 e. The van der Waals surface area contributed by atoms with Gasteiger partial charge in [0.1, 0.15) is 24.9 Å². The van der Waals surface area contributed by atoms with Gasteiger partial charge >= 0.3 is 17.9 Å². The van der Waals surface area contributed by atoms with Crippen LogP contribution in [0, 0.1) is 5.92 Å². The molecule has 1 saturated heterocycles. The first-order chi connectivity index (χ1) is 14.1. The zero-order chi connectivity index (χ0) is 22.6. The van der Waals surface area contributed by atoms with E-state index in [1.807, 2.05) is 0 Å². The van der Waals surface area contributed by atoms with Crippen molar-refractivity contribution < 1.29 is 38.8 Å². The highest BCUT2D eigenvalue weighted by atomic mass is 16.6. The molecule has 0 spiro atoms. The van der Waals surface area contributed by atoms with Crippen LogP contribution in [0.1, 0.15) is 34.1 Å². The monoisotopic (exact) mass is 420 g/mol. The molecule has 164 valence electrons. The lowest BCUT2D eigenvalue weighted by atomic mass is 9.83. The molecule has 30 heavy (non-hydrogen) atoms. The van der Waals surface area contributed by atoms with Crippen LogP contribution in [0.2, 0.25) is 0 Å². The molecule has 1 aliphatic carbocycles. The normalized spacial score (nSPS) is 29.9. The minimum absolute atomic E-state index is 0.0609. The summed E-state index contributed by atoms with van der Waals surface area (Å²) in [5, 5.41) is 21.2. The Morgan fingerprint density at radius 1 is 1.30 bits per heavy atom. The van der Waals surface area contributed by atoms with Crippen molar-refractivity contribution in [1.29, 1.82) is 0 Å². The maximum Gasteiger partial charge on any atom is 0.337 e. The predicted molar refractivity (Wildman–Crippen MR) is 107 cm³/mol. The number of ether oxygens (including phenoxy) is 3. The van der Waals surface area contributed by atoms with Crippen molar-refractivity contribution in [2.45, 2.75) is 58.5 Å². The summed E-state index contributed by atoms with van der Waals surface area (Å²) < 4.78 is 15.8. The van der Waals surface area contributed by atoms with E-state index in [1.54, 1.807) is 32.9 Å². The Hall–Kier alpha value is -2.71. The summed E-state index contributed by atoms with van der Waals surface area (Å²) in [6, 6.07) is 0. The van der Waals surface area contributed by atoms with Gasteiger partial charge in [-0.2, -0.15) is 0 Å². The summed E-state index contributed by atoms with van der Waals surface area (Å²) >= 11 is 0. The molecule has 2 N–H and O–H groups in total. The largest absolute Gasteiger partial charge is 0.461 e. The van der Waals surface area contributed by atoms with Crippen LogP contribution in [0.4, 0.5) is 0 Å². The highest BCUT2D eigenvalue weighted by Crippen LogP contribution is 2.36. The smallest absolute Gasteiger partial charge is 0.337 e. The molecular formula is C22H28O8. The molecule has 5 atom stereocenters. The van der Waals surface area contributed by atoms with Crippen LogP contribution in [-0.2, 0) is 28.6 Å². The van der Waals surface area contributed by atoms with Crippen LogP contribution in [0.15, 0.2) is 47.1 Å². The molecule has 0 bridgehead atoms. The molecule has 2 aliphatic rings. The summed E-state index contributed by atoms with van der Waals surface area (Å²) in [5.74, 6) is -2.86. The van der Waals surface area contributed by atoms with Crippen molar-refractivity contribution >= 4 is 17.9 Å². The molecule has 0 saturated carbocycles. The number of carbonyl (C=O) groups is 3. The van der Waals surface area contributed by atoms with Gasteiger partial charge in [-0.05, 0) is 44.4 Å². The summed E-state index contributed by atoms with van der Waals surface area (Å²) in [4.78, 5) is 36.0. The zero-order valence-corrected chi connectivity index (χ0v) is 17.6. The second kappa shape index (κ2) is 9.86. The van der Waals surface area contributed by atoms with Gasteiger partial charge in [0.2, 0.25) is 0 Å². The van der Waals surface area contributed by atoms with E-state index in [2.05, 4.69) is 6.58 Å². The topological polar surface area (TPSA) is 119 Å². The molecule has 8 nitrogen and oxygen atoms in total. The maximum absolute atomic E-state index is 12.7. The first kappa shape index (κ1) is 23.6. The fourth-order valence-electron chi connectivity index (χ4n) is 3.34. The van der Waals surface area contributed by atoms with Gasteiger partial charge in [0, 0.05) is 12.5 Å². The summed E-state index contributed by atoms with van der Waals surface area (Å²) in [5.41, 5.74) is 1.20. The summed E-state index contributed by atoms with van der Waals surface area (Å²) in [7, 11) is 0. The standard InChI is InChI=1S/C22H28O8/c1-6-15(10-28-14(5)23)22(27)30-20-18-13(4)21(26)29-17(18)9-12(3)16(24)8-7-11(2)19(20)25/h6-7,9,16-20,24-25H,4,8,10H2,1-3,5H3. The SMILES string of the molecule is C=C1C(=O)OC2C=C(C)C(O)CC=C(C)C(O)C(OC(=O)C(=CC)COC(C)=O)C12. The predicted octanol–water partition coefficient (Wildman–Crippen LogP) is 1.52. The Kier molecular flexibility index (Phi) is 7.75. The lowest BCUT2D eigenvalue weighted by molar-refractivity contribution is -0.154. The second-order valence-corrected chi connectivity index (χ2v) is 7.44. The quantitative estimate of drug-likeness (QED) is 0.304.